The van der Waals surface area contributed by atoms with Crippen LogP contribution in [0.1, 0.15) is 52.1 Å². The number of fused-ring (bicyclic) bond motifs is 1. The Bertz CT molecular complexity index is 1390. The highest BCUT2D eigenvalue weighted by atomic mass is 35.5. The number of hydrogen-bond donors (Lipinski definition) is 2. The van der Waals surface area contributed by atoms with E-state index in [0.717, 1.165) is 37.1 Å². The molecular weight excluding hydrogens is 468 g/mol. The fourth-order valence-electron chi connectivity index (χ4n) is 4.51. The van der Waals surface area contributed by atoms with Gasteiger partial charge in [0.25, 0.3) is 11.8 Å². The highest BCUT2D eigenvalue weighted by molar-refractivity contribution is 6.30. The number of halogens is 1. The molecule has 1 fully saturated rings. The number of rotatable bonds is 6. The molecule has 10 heteroatoms. The van der Waals surface area contributed by atoms with Crippen LogP contribution in [-0.4, -0.2) is 43.4 Å². The minimum Gasteiger partial charge on any atom is -0.473 e. The zero-order valence-electron chi connectivity index (χ0n) is 19.1. The van der Waals surface area contributed by atoms with Crippen molar-refractivity contribution in [2.24, 2.45) is 5.73 Å². The molecule has 4 aromatic rings. The number of hydrogen-bond acceptors (Lipinski definition) is 5. The minimum atomic E-state index is -0.573. The Hall–Kier alpha value is -3.85. The van der Waals surface area contributed by atoms with Crippen LogP contribution in [0.4, 0.5) is 0 Å². The van der Waals surface area contributed by atoms with Gasteiger partial charge in [-0.3, -0.25) is 9.59 Å². The molecule has 1 aromatic carbocycles. The van der Waals surface area contributed by atoms with Crippen LogP contribution in [0.3, 0.4) is 0 Å². The van der Waals surface area contributed by atoms with Crippen LogP contribution >= 0.6 is 11.6 Å². The van der Waals surface area contributed by atoms with Gasteiger partial charge in [0, 0.05) is 17.3 Å². The Balaban J connectivity index is 1.21. The Morgan fingerprint density at radius 3 is 2.57 bits per heavy atom. The van der Waals surface area contributed by atoms with Gasteiger partial charge in [-0.2, -0.15) is 5.10 Å². The van der Waals surface area contributed by atoms with Crippen LogP contribution in [-0.2, 0) is 0 Å². The van der Waals surface area contributed by atoms with Crippen LogP contribution in [0.2, 0.25) is 5.02 Å². The molecule has 1 aliphatic carbocycles. The van der Waals surface area contributed by atoms with Crippen molar-refractivity contribution >= 4 is 28.9 Å². The molecule has 2 amide bonds. The van der Waals surface area contributed by atoms with Crippen LogP contribution in [0, 0.1) is 6.92 Å². The molecule has 5 rings (SSSR count). The summed E-state index contributed by atoms with van der Waals surface area (Å²) < 4.78 is 9.40. The normalized spacial score (nSPS) is 17.9. The van der Waals surface area contributed by atoms with Crippen molar-refractivity contribution in [1.29, 1.82) is 0 Å². The van der Waals surface area contributed by atoms with Gasteiger partial charge < -0.3 is 15.8 Å². The first kappa shape index (κ1) is 22.9. The van der Waals surface area contributed by atoms with Crippen molar-refractivity contribution < 1.29 is 14.3 Å². The summed E-state index contributed by atoms with van der Waals surface area (Å²) in [6.45, 7) is 1.87. The van der Waals surface area contributed by atoms with Gasteiger partial charge in [-0.05, 0) is 69.0 Å². The summed E-state index contributed by atoms with van der Waals surface area (Å²) in [5.41, 5.74) is 8.62. The minimum absolute atomic E-state index is 0.0253. The number of nitrogens with two attached hydrogens (primary N) is 1. The van der Waals surface area contributed by atoms with Crippen molar-refractivity contribution in [3.63, 3.8) is 0 Å². The lowest BCUT2D eigenvalue weighted by Gasteiger charge is -2.29. The second kappa shape index (κ2) is 9.42. The van der Waals surface area contributed by atoms with Crippen molar-refractivity contribution in [3.05, 3.63) is 76.7 Å². The number of carbonyl (C=O) groups excluding carboxylic acids is 2. The lowest BCUT2D eigenvalue weighted by molar-refractivity contribution is 0.0881. The Morgan fingerprint density at radius 2 is 1.86 bits per heavy atom. The molecule has 1 aliphatic rings. The summed E-state index contributed by atoms with van der Waals surface area (Å²) in [6, 6.07) is 12.7. The van der Waals surface area contributed by atoms with E-state index in [1.54, 1.807) is 39.8 Å². The first-order valence-corrected chi connectivity index (χ1v) is 11.8. The number of nitrogens with zero attached hydrogens (tertiary/aromatic N) is 4. The number of primary amides is 1. The molecule has 0 spiro atoms. The van der Waals surface area contributed by atoms with Crippen molar-refractivity contribution in [2.75, 3.05) is 0 Å². The molecule has 35 heavy (non-hydrogen) atoms. The third kappa shape index (κ3) is 4.59. The quantitative estimate of drug-likeness (QED) is 0.425. The van der Waals surface area contributed by atoms with Gasteiger partial charge in [-0.1, -0.05) is 17.7 Å². The van der Waals surface area contributed by atoms with Gasteiger partial charge >= 0.3 is 0 Å². The number of carbonyl (C=O) groups is 2. The fraction of sp³-hybridized carbons (Fsp3) is 0.280. The maximum Gasteiger partial charge on any atom is 0.256 e. The van der Waals surface area contributed by atoms with Gasteiger partial charge in [0.05, 0.1) is 28.7 Å². The number of amides is 2. The molecule has 0 saturated heterocycles. The van der Waals surface area contributed by atoms with Gasteiger partial charge in [-0.15, -0.1) is 5.10 Å². The van der Waals surface area contributed by atoms with E-state index in [9.17, 15) is 9.59 Å². The second-order valence-corrected chi connectivity index (χ2v) is 9.11. The fourth-order valence-corrected chi connectivity index (χ4v) is 4.64. The molecule has 1 saturated carbocycles. The number of pyridine rings is 1. The summed E-state index contributed by atoms with van der Waals surface area (Å²) in [5, 5.41) is 12.5. The molecule has 0 unspecified atom stereocenters. The topological polar surface area (TPSA) is 117 Å². The monoisotopic (exact) mass is 492 g/mol. The van der Waals surface area contributed by atoms with Crippen LogP contribution in [0.5, 0.6) is 5.88 Å². The van der Waals surface area contributed by atoms with Crippen molar-refractivity contribution in [3.8, 4) is 11.6 Å². The maximum absolute atomic E-state index is 12.9. The number of nitrogens with one attached hydrogen (secondary N) is 1. The summed E-state index contributed by atoms with van der Waals surface area (Å²) in [4.78, 5) is 25.0. The lowest BCUT2D eigenvalue weighted by atomic mass is 9.92. The van der Waals surface area contributed by atoms with Crippen molar-refractivity contribution in [2.45, 2.75) is 44.8 Å². The van der Waals surface area contributed by atoms with Crippen molar-refractivity contribution in [1.82, 2.24) is 24.7 Å². The highest BCUT2D eigenvalue weighted by Crippen LogP contribution is 2.28. The van der Waals surface area contributed by atoms with E-state index >= 15 is 0 Å². The molecule has 9 nitrogen and oxygen atoms in total. The largest absolute Gasteiger partial charge is 0.473 e. The molecule has 3 N–H and O–H groups in total. The Morgan fingerprint density at radius 1 is 1.11 bits per heavy atom. The molecular formula is C25H25ClN6O3. The second-order valence-electron chi connectivity index (χ2n) is 8.67. The number of benzene rings is 1. The first-order chi connectivity index (χ1) is 16.9. The molecule has 3 aromatic heterocycles. The van der Waals surface area contributed by atoms with Crippen LogP contribution in [0.25, 0.3) is 11.2 Å². The zero-order valence-corrected chi connectivity index (χ0v) is 19.9. The van der Waals surface area contributed by atoms with Gasteiger partial charge in [0.2, 0.25) is 5.88 Å². The standard InChI is InChI=1S/C25H25ClN6O3/c1-15-20(14-28-32(15)18-9-5-16(26)6-10-18)24(34)29-17-7-11-19(12-8-17)35-25-22(23(27)33)21-4-2-3-13-31(21)30-25/h2-6,9-10,13-14,17,19H,7-8,11-12H2,1H3,(H2,27,33)(H,29,34)/t17-,19-. The summed E-state index contributed by atoms with van der Waals surface area (Å²) >= 11 is 5.97. The smallest absolute Gasteiger partial charge is 0.256 e. The van der Waals surface area contributed by atoms with Gasteiger partial charge in [-0.25, -0.2) is 9.20 Å². The van der Waals surface area contributed by atoms with E-state index in [1.807, 2.05) is 31.2 Å². The number of aromatic nitrogens is 4. The van der Waals surface area contributed by atoms with E-state index < -0.39 is 5.91 Å². The predicted octanol–water partition coefficient (Wildman–Crippen LogP) is 3.70. The average molecular weight is 493 g/mol. The average Bonchev–Trinajstić information content (AvgIpc) is 3.41. The van der Waals surface area contributed by atoms with E-state index in [1.165, 1.54) is 0 Å². The van der Waals surface area contributed by atoms with E-state index in [0.29, 0.717) is 16.1 Å². The molecule has 0 bridgehead atoms. The van der Waals surface area contributed by atoms with Crippen LogP contribution in [0.15, 0.2) is 54.9 Å². The molecule has 0 atom stereocenters. The predicted molar refractivity (Wildman–Crippen MR) is 131 cm³/mol. The Labute approximate surface area is 206 Å². The van der Waals surface area contributed by atoms with E-state index in [-0.39, 0.29) is 29.5 Å². The van der Waals surface area contributed by atoms with E-state index in [2.05, 4.69) is 15.5 Å². The summed E-state index contributed by atoms with van der Waals surface area (Å²) in [5.74, 6) is -0.471. The first-order valence-electron chi connectivity index (χ1n) is 11.5. The molecule has 0 radical (unpaired) electrons. The molecule has 3 heterocycles. The third-order valence-corrected chi connectivity index (χ3v) is 6.62. The van der Waals surface area contributed by atoms with Gasteiger partial charge in [0.15, 0.2) is 0 Å². The van der Waals surface area contributed by atoms with Crippen LogP contribution < -0.4 is 15.8 Å². The highest BCUT2D eigenvalue weighted by Gasteiger charge is 2.28. The number of ether oxygens (including phenoxy) is 1. The SMILES string of the molecule is Cc1c(C(=O)N[C@H]2CC[C@H](Oc3nn4ccccc4c3C(N)=O)CC2)cnn1-c1ccc(Cl)cc1. The molecule has 0 aliphatic heterocycles. The summed E-state index contributed by atoms with van der Waals surface area (Å²) in [6.07, 6.45) is 6.17. The third-order valence-electron chi connectivity index (χ3n) is 6.37. The maximum atomic E-state index is 12.9. The zero-order chi connectivity index (χ0) is 24.5. The Kier molecular flexibility index (Phi) is 6.17. The molecule has 180 valence electrons. The lowest BCUT2D eigenvalue weighted by Crippen LogP contribution is -2.40. The van der Waals surface area contributed by atoms with E-state index in [4.69, 9.17) is 22.1 Å². The van der Waals surface area contributed by atoms with Gasteiger partial charge in [0.1, 0.15) is 11.7 Å². The summed E-state index contributed by atoms with van der Waals surface area (Å²) in [7, 11) is 0.